The van der Waals surface area contributed by atoms with Gasteiger partial charge in [-0.1, -0.05) is 12.1 Å². The molecule has 1 heterocycles. The average molecular weight is 126 g/mol. The third kappa shape index (κ3) is 1.11. The Bertz CT molecular complexity index is 249. The van der Waals surface area contributed by atoms with E-state index in [1.807, 2.05) is 30.3 Å². The Morgan fingerprint density at radius 3 is 2.60 bits per heavy atom. The Morgan fingerprint density at radius 1 is 1.00 bits per heavy atom. The Balaban J connectivity index is 0.000000500. The van der Waals surface area contributed by atoms with Gasteiger partial charge in [0.15, 0.2) is 0 Å². The summed E-state index contributed by atoms with van der Waals surface area (Å²) in [5.74, 6) is 0.956. The molecule has 0 amide bonds. The van der Waals surface area contributed by atoms with Crippen LogP contribution in [0.2, 0.25) is 0 Å². The van der Waals surface area contributed by atoms with Gasteiger partial charge in [-0.05, 0) is 18.2 Å². The Hall–Kier alpha value is -0.643. The second-order valence-electron chi connectivity index (χ2n) is 1.96. The molecule has 0 atom stereocenters. The molecule has 1 aliphatic heterocycles. The van der Waals surface area contributed by atoms with Gasteiger partial charge < -0.3 is 4.42 Å². The van der Waals surface area contributed by atoms with E-state index in [4.69, 9.17) is 4.42 Å². The number of rotatable bonds is 0. The molecule has 0 aromatic heterocycles. The molecule has 0 saturated carbocycles. The van der Waals surface area contributed by atoms with Gasteiger partial charge in [0.25, 0.3) is 0 Å². The number of hydrogen-bond acceptors (Lipinski definition) is 1. The molecule has 10 heavy (non-hydrogen) atoms. The fourth-order valence-electron chi connectivity index (χ4n) is 0.918. The van der Waals surface area contributed by atoms with Crippen LogP contribution in [-0.2, 0) is 0 Å². The van der Waals surface area contributed by atoms with Gasteiger partial charge >= 0.3 is 18.9 Å². The predicted molar refractivity (Wildman–Crippen MR) is 42.5 cm³/mol. The maximum absolute atomic E-state index is 5.15. The van der Waals surface area contributed by atoms with E-state index in [1.54, 1.807) is 6.26 Å². The molecular formula is C8H7LiO. The molecule has 2 rings (SSSR count). The molecule has 0 unspecified atom stereocenters. The SMILES string of the molecule is [LiH].c1coc2cccc-2c1. The summed E-state index contributed by atoms with van der Waals surface area (Å²) in [4.78, 5) is 0. The van der Waals surface area contributed by atoms with E-state index in [9.17, 15) is 0 Å². The van der Waals surface area contributed by atoms with Crippen LogP contribution >= 0.6 is 0 Å². The first-order valence-corrected chi connectivity index (χ1v) is 2.89. The topological polar surface area (TPSA) is 13.1 Å². The van der Waals surface area contributed by atoms with Crippen molar-refractivity contribution in [3.05, 3.63) is 36.6 Å². The van der Waals surface area contributed by atoms with E-state index < -0.39 is 0 Å². The molecule has 1 aliphatic carbocycles. The molecule has 0 aromatic carbocycles. The van der Waals surface area contributed by atoms with E-state index in [-0.39, 0.29) is 18.9 Å². The first-order chi connectivity index (χ1) is 4.47. The summed E-state index contributed by atoms with van der Waals surface area (Å²) in [6, 6.07) is 9.88. The van der Waals surface area contributed by atoms with Crippen molar-refractivity contribution in [3.8, 4) is 11.3 Å². The van der Waals surface area contributed by atoms with Crippen LogP contribution in [-0.4, -0.2) is 18.9 Å². The van der Waals surface area contributed by atoms with Crippen molar-refractivity contribution in [1.29, 1.82) is 0 Å². The Kier molecular flexibility index (Phi) is 2.21. The van der Waals surface area contributed by atoms with Gasteiger partial charge in [-0.3, -0.25) is 0 Å². The summed E-state index contributed by atoms with van der Waals surface area (Å²) in [5.41, 5.74) is 1.16. The zero-order valence-electron chi connectivity index (χ0n) is 4.87. The predicted octanol–water partition coefficient (Wildman–Crippen LogP) is 1.74. The van der Waals surface area contributed by atoms with Crippen molar-refractivity contribution >= 4 is 18.9 Å². The monoisotopic (exact) mass is 126 g/mol. The molecular weight excluding hydrogens is 119 g/mol. The fourth-order valence-corrected chi connectivity index (χ4v) is 0.918. The number of hydrogen-bond donors (Lipinski definition) is 0. The van der Waals surface area contributed by atoms with Gasteiger partial charge in [-0.25, -0.2) is 0 Å². The van der Waals surface area contributed by atoms with Gasteiger partial charge in [-0.2, -0.15) is 0 Å². The quantitative estimate of drug-likeness (QED) is 0.490. The molecule has 0 radical (unpaired) electrons. The van der Waals surface area contributed by atoms with E-state index in [1.165, 1.54) is 0 Å². The molecule has 2 heteroatoms. The summed E-state index contributed by atoms with van der Waals surface area (Å²) in [6.45, 7) is 0. The molecule has 0 bridgehead atoms. The molecule has 1 nitrogen and oxygen atoms in total. The van der Waals surface area contributed by atoms with Crippen LogP contribution in [0.15, 0.2) is 41.0 Å². The summed E-state index contributed by atoms with van der Waals surface area (Å²) in [6.07, 6.45) is 1.68. The standard InChI is InChI=1S/C8H6O.Li.H/c1-3-7-4-2-6-9-8(7)5-1;;/h1-6H;;. The van der Waals surface area contributed by atoms with Gasteiger partial charge in [-0.15, -0.1) is 0 Å². The van der Waals surface area contributed by atoms with Gasteiger partial charge in [0.1, 0.15) is 5.76 Å². The van der Waals surface area contributed by atoms with E-state index >= 15 is 0 Å². The molecule has 0 N–H and O–H groups in total. The molecule has 0 fully saturated rings. The first kappa shape index (κ1) is 7.46. The minimum atomic E-state index is 0. The third-order valence-electron chi connectivity index (χ3n) is 1.36. The van der Waals surface area contributed by atoms with Crippen LogP contribution in [0.25, 0.3) is 11.3 Å². The normalized spacial score (nSPS) is 9.20. The van der Waals surface area contributed by atoms with Crippen LogP contribution < -0.4 is 0 Å². The smallest absolute Gasteiger partial charge is 0.133 e. The van der Waals surface area contributed by atoms with Crippen LogP contribution in [0.5, 0.6) is 0 Å². The molecule has 2 aliphatic rings. The van der Waals surface area contributed by atoms with Gasteiger partial charge in [0.05, 0.1) is 6.26 Å². The molecule has 0 saturated heterocycles. The zero-order valence-corrected chi connectivity index (χ0v) is 4.87. The van der Waals surface area contributed by atoms with E-state index in [0.29, 0.717) is 0 Å². The maximum Gasteiger partial charge on any atom is 0.133 e. The van der Waals surface area contributed by atoms with Gasteiger partial charge in [0.2, 0.25) is 0 Å². The molecule has 0 aromatic rings. The van der Waals surface area contributed by atoms with E-state index in [0.717, 1.165) is 11.3 Å². The van der Waals surface area contributed by atoms with Crippen molar-refractivity contribution in [3.63, 3.8) is 0 Å². The van der Waals surface area contributed by atoms with Crippen LogP contribution in [0.3, 0.4) is 0 Å². The summed E-state index contributed by atoms with van der Waals surface area (Å²) >= 11 is 0. The van der Waals surface area contributed by atoms with Crippen molar-refractivity contribution in [2.45, 2.75) is 0 Å². The van der Waals surface area contributed by atoms with Crippen molar-refractivity contribution in [2.75, 3.05) is 0 Å². The van der Waals surface area contributed by atoms with Crippen LogP contribution in [0.4, 0.5) is 0 Å². The fraction of sp³-hybridized carbons (Fsp3) is 0. The maximum atomic E-state index is 5.15. The third-order valence-corrected chi connectivity index (χ3v) is 1.36. The number of fused-ring (bicyclic) bond motifs is 1. The Labute approximate surface area is 71.6 Å². The zero-order chi connectivity index (χ0) is 6.10. The van der Waals surface area contributed by atoms with E-state index in [2.05, 4.69) is 0 Å². The van der Waals surface area contributed by atoms with Crippen LogP contribution in [0, 0.1) is 0 Å². The molecule has 0 spiro atoms. The van der Waals surface area contributed by atoms with Gasteiger partial charge in [0, 0.05) is 5.56 Å². The van der Waals surface area contributed by atoms with Crippen molar-refractivity contribution in [1.82, 2.24) is 0 Å². The average Bonchev–Trinajstić information content (AvgIpc) is 2.33. The first-order valence-electron chi connectivity index (χ1n) is 2.89. The minimum absolute atomic E-state index is 0. The van der Waals surface area contributed by atoms with Crippen molar-refractivity contribution in [2.24, 2.45) is 0 Å². The minimum Gasteiger partial charge on any atom is -0.464 e. The molecule has 46 valence electrons. The largest absolute Gasteiger partial charge is 0.464 e. The second kappa shape index (κ2) is 2.96. The Morgan fingerprint density at radius 2 is 1.80 bits per heavy atom. The summed E-state index contributed by atoms with van der Waals surface area (Å²) in [7, 11) is 0. The second-order valence-corrected chi connectivity index (χ2v) is 1.96. The summed E-state index contributed by atoms with van der Waals surface area (Å²) < 4.78 is 5.15. The van der Waals surface area contributed by atoms with Crippen molar-refractivity contribution < 1.29 is 4.42 Å². The van der Waals surface area contributed by atoms with Crippen LogP contribution in [0.1, 0.15) is 0 Å². The summed E-state index contributed by atoms with van der Waals surface area (Å²) in [5, 5.41) is 0.